The number of carbonyl (C=O) groups is 2. The quantitative estimate of drug-likeness (QED) is 0.439. The fourth-order valence-corrected chi connectivity index (χ4v) is 4.21. The number of rotatable bonds is 10. The Morgan fingerprint density at radius 1 is 1.24 bits per heavy atom. The summed E-state index contributed by atoms with van der Waals surface area (Å²) < 4.78 is 46.7. The summed E-state index contributed by atoms with van der Waals surface area (Å²) in [6, 6.07) is 3.74. The lowest BCUT2D eigenvalue weighted by atomic mass is 9.98. The number of alkyl halides is 2. The van der Waals surface area contributed by atoms with Gasteiger partial charge in [0.15, 0.2) is 23.0 Å². The molecule has 2 aromatic rings. The predicted molar refractivity (Wildman–Crippen MR) is 136 cm³/mol. The first-order valence-corrected chi connectivity index (χ1v) is 12.3. The Kier molecular flexibility index (Phi) is 10.1. The SMILES string of the molecule is COC(=O)N1CCCC(CNC(=O)c2nc(-c3ccc(OC(F)F)c(OCC4CC4)c3)oc2[C@H](C)N)C1.Cl. The number of nitrogens with one attached hydrogen (secondary N) is 1. The van der Waals surface area contributed by atoms with E-state index in [1.54, 1.807) is 11.8 Å². The number of amides is 2. The number of methoxy groups -OCH3 is 1. The van der Waals surface area contributed by atoms with Crippen LogP contribution in [0.25, 0.3) is 11.5 Å². The third kappa shape index (κ3) is 7.47. The van der Waals surface area contributed by atoms with Crippen LogP contribution in [-0.2, 0) is 4.74 Å². The fraction of sp³-hybridized carbons (Fsp3) is 0.560. The van der Waals surface area contributed by atoms with E-state index in [9.17, 15) is 18.4 Å². The molecule has 1 aliphatic carbocycles. The Hall–Kier alpha value is -3.12. The number of hydrogen-bond donors (Lipinski definition) is 2. The maximum absolute atomic E-state index is 13.0. The monoisotopic (exact) mass is 558 g/mol. The van der Waals surface area contributed by atoms with Crippen LogP contribution in [0.5, 0.6) is 11.5 Å². The number of ether oxygens (including phenoxy) is 3. The first-order chi connectivity index (χ1) is 17.7. The smallest absolute Gasteiger partial charge is 0.409 e. The van der Waals surface area contributed by atoms with Crippen LogP contribution in [0, 0.1) is 11.8 Å². The highest BCUT2D eigenvalue weighted by Crippen LogP contribution is 2.37. The lowest BCUT2D eigenvalue weighted by molar-refractivity contribution is -0.0515. The number of likely N-dealkylation sites (tertiary alicyclic amines) is 1. The van der Waals surface area contributed by atoms with Gasteiger partial charge in [0.05, 0.1) is 19.8 Å². The second-order valence-electron chi connectivity index (χ2n) is 9.45. The van der Waals surface area contributed by atoms with E-state index in [-0.39, 0.29) is 53.3 Å². The first-order valence-electron chi connectivity index (χ1n) is 12.3. The van der Waals surface area contributed by atoms with E-state index in [0.29, 0.717) is 37.7 Å². The van der Waals surface area contributed by atoms with Gasteiger partial charge in [-0.15, -0.1) is 12.4 Å². The van der Waals surface area contributed by atoms with Crippen molar-refractivity contribution in [3.8, 4) is 23.0 Å². The Morgan fingerprint density at radius 2 is 2.00 bits per heavy atom. The molecule has 2 fully saturated rings. The molecule has 13 heteroatoms. The van der Waals surface area contributed by atoms with Gasteiger partial charge in [-0.3, -0.25) is 4.79 Å². The largest absolute Gasteiger partial charge is 0.489 e. The van der Waals surface area contributed by atoms with E-state index < -0.39 is 18.6 Å². The van der Waals surface area contributed by atoms with Crippen molar-refractivity contribution in [2.45, 2.75) is 45.3 Å². The maximum atomic E-state index is 13.0. The number of carbonyl (C=O) groups excluding carboxylic acids is 2. The van der Waals surface area contributed by atoms with Crippen molar-refractivity contribution in [1.82, 2.24) is 15.2 Å². The van der Waals surface area contributed by atoms with E-state index in [1.807, 2.05) is 0 Å². The highest BCUT2D eigenvalue weighted by atomic mass is 35.5. The number of hydrogen-bond acceptors (Lipinski definition) is 8. The number of benzene rings is 1. The first kappa shape index (κ1) is 29.4. The number of oxazole rings is 1. The van der Waals surface area contributed by atoms with Crippen LogP contribution in [0.3, 0.4) is 0 Å². The van der Waals surface area contributed by atoms with Gasteiger partial charge in [-0.2, -0.15) is 8.78 Å². The zero-order valence-corrected chi connectivity index (χ0v) is 22.1. The number of nitrogens with zero attached hydrogens (tertiary/aromatic N) is 2. The molecule has 2 atom stereocenters. The van der Waals surface area contributed by atoms with Crippen molar-refractivity contribution in [1.29, 1.82) is 0 Å². The van der Waals surface area contributed by atoms with Gasteiger partial charge < -0.3 is 34.6 Å². The third-order valence-electron chi connectivity index (χ3n) is 6.36. The Morgan fingerprint density at radius 3 is 2.66 bits per heavy atom. The molecule has 2 amide bonds. The Balaban J connectivity index is 0.00000400. The van der Waals surface area contributed by atoms with Crippen molar-refractivity contribution in [2.75, 3.05) is 33.4 Å². The molecule has 0 radical (unpaired) electrons. The summed E-state index contributed by atoms with van der Waals surface area (Å²) in [5, 5.41) is 2.86. The number of nitrogens with two attached hydrogens (primary N) is 1. The van der Waals surface area contributed by atoms with Crippen LogP contribution in [0.2, 0.25) is 0 Å². The standard InChI is InChI=1S/C25H32F2N4O6.ClH/c1-14(28)21-20(22(32)29-11-16-4-3-9-31(12-16)25(33)34-2)30-23(37-21)17-7-8-18(36-24(26)27)19(10-17)35-13-15-5-6-15;/h7-8,10,14-16,24H,3-6,9,11-13,28H2,1-2H3,(H,29,32);1H/t14-,16?;/m0./s1. The van der Waals surface area contributed by atoms with Crippen molar-refractivity contribution in [3.05, 3.63) is 29.7 Å². The summed E-state index contributed by atoms with van der Waals surface area (Å²) in [6.45, 7) is 0.494. The van der Waals surface area contributed by atoms with Gasteiger partial charge in [0.2, 0.25) is 5.89 Å². The Bertz CT molecular complexity index is 1110. The average Bonchev–Trinajstić information content (AvgIpc) is 3.60. The van der Waals surface area contributed by atoms with Crippen LogP contribution in [0.1, 0.15) is 54.9 Å². The van der Waals surface area contributed by atoms with E-state index in [4.69, 9.17) is 19.6 Å². The van der Waals surface area contributed by atoms with Gasteiger partial charge in [0, 0.05) is 25.2 Å². The average molecular weight is 559 g/mol. The summed E-state index contributed by atoms with van der Waals surface area (Å²) in [6.07, 6.45) is 3.34. The van der Waals surface area contributed by atoms with E-state index >= 15 is 0 Å². The van der Waals surface area contributed by atoms with Crippen LogP contribution < -0.4 is 20.5 Å². The molecular weight excluding hydrogens is 526 g/mol. The van der Waals surface area contributed by atoms with Gasteiger partial charge in [-0.1, -0.05) is 0 Å². The van der Waals surface area contributed by atoms with E-state index in [0.717, 1.165) is 25.7 Å². The van der Waals surface area contributed by atoms with Crippen LogP contribution in [-0.4, -0.2) is 61.8 Å². The second kappa shape index (κ2) is 13.1. The molecule has 0 bridgehead atoms. The molecule has 10 nitrogen and oxygen atoms in total. The summed E-state index contributed by atoms with van der Waals surface area (Å²) in [5.41, 5.74) is 6.51. The summed E-state index contributed by atoms with van der Waals surface area (Å²) in [7, 11) is 1.34. The van der Waals surface area contributed by atoms with Gasteiger partial charge in [0.25, 0.3) is 5.91 Å². The van der Waals surface area contributed by atoms with Gasteiger partial charge in [-0.05, 0) is 62.6 Å². The molecule has 1 aromatic carbocycles. The van der Waals surface area contributed by atoms with Gasteiger partial charge in [0.1, 0.15) is 0 Å². The molecule has 1 unspecified atom stereocenters. The van der Waals surface area contributed by atoms with Crippen LogP contribution in [0.15, 0.2) is 22.6 Å². The molecule has 1 aromatic heterocycles. The molecule has 4 rings (SSSR count). The summed E-state index contributed by atoms with van der Waals surface area (Å²) in [4.78, 5) is 30.9. The van der Waals surface area contributed by atoms with E-state index in [1.165, 1.54) is 25.3 Å². The van der Waals surface area contributed by atoms with E-state index in [2.05, 4.69) is 15.0 Å². The van der Waals surface area contributed by atoms with Crippen LogP contribution in [0.4, 0.5) is 13.6 Å². The molecule has 1 saturated heterocycles. The zero-order valence-electron chi connectivity index (χ0n) is 21.3. The molecule has 2 aliphatic rings. The second-order valence-corrected chi connectivity index (χ2v) is 9.45. The van der Waals surface area contributed by atoms with Gasteiger partial charge in [-0.25, -0.2) is 9.78 Å². The minimum Gasteiger partial charge on any atom is -0.489 e. The summed E-state index contributed by atoms with van der Waals surface area (Å²) in [5.74, 6) is 0.352. The molecule has 210 valence electrons. The van der Waals surface area contributed by atoms with Crippen molar-refractivity contribution in [2.24, 2.45) is 17.6 Å². The number of piperidine rings is 1. The number of halogens is 3. The molecule has 1 aliphatic heterocycles. The zero-order chi connectivity index (χ0) is 26.5. The summed E-state index contributed by atoms with van der Waals surface area (Å²) >= 11 is 0. The van der Waals surface area contributed by atoms with Crippen LogP contribution >= 0.6 is 12.4 Å². The third-order valence-corrected chi connectivity index (χ3v) is 6.36. The highest BCUT2D eigenvalue weighted by molar-refractivity contribution is 5.94. The lowest BCUT2D eigenvalue weighted by Crippen LogP contribution is -2.43. The number of aromatic nitrogens is 1. The molecule has 2 heterocycles. The molecular formula is C25H33ClF2N4O6. The molecule has 0 spiro atoms. The molecule has 3 N–H and O–H groups in total. The fourth-order valence-electron chi connectivity index (χ4n) is 4.21. The predicted octanol–water partition coefficient (Wildman–Crippen LogP) is 4.38. The molecule has 38 heavy (non-hydrogen) atoms. The lowest BCUT2D eigenvalue weighted by Gasteiger charge is -2.31. The minimum atomic E-state index is -3.00. The Labute approximate surface area is 225 Å². The van der Waals surface area contributed by atoms with Crippen molar-refractivity contribution < 1.29 is 37.0 Å². The minimum absolute atomic E-state index is 0. The van der Waals surface area contributed by atoms with Crippen molar-refractivity contribution >= 4 is 24.4 Å². The highest BCUT2D eigenvalue weighted by Gasteiger charge is 2.28. The molecule has 1 saturated carbocycles. The topological polar surface area (TPSA) is 129 Å². The maximum Gasteiger partial charge on any atom is 0.409 e. The normalized spacial score (nSPS) is 17.9. The van der Waals surface area contributed by atoms with Gasteiger partial charge >= 0.3 is 12.7 Å². The van der Waals surface area contributed by atoms with Crippen molar-refractivity contribution in [3.63, 3.8) is 0 Å².